The van der Waals surface area contributed by atoms with Crippen molar-refractivity contribution in [3.8, 4) is 0 Å². The van der Waals surface area contributed by atoms with Crippen molar-refractivity contribution in [3.63, 3.8) is 0 Å². The molecule has 5 aromatic carbocycles. The van der Waals surface area contributed by atoms with Crippen LogP contribution in [0.2, 0.25) is 30.1 Å². The summed E-state index contributed by atoms with van der Waals surface area (Å²) in [5.41, 5.74) is 1.66. The van der Waals surface area contributed by atoms with Crippen molar-refractivity contribution in [1.29, 1.82) is 0 Å². The van der Waals surface area contributed by atoms with Crippen LogP contribution in [0.3, 0.4) is 0 Å². The van der Waals surface area contributed by atoms with E-state index >= 15 is 0 Å². The first-order valence-corrected chi connectivity index (χ1v) is 20.5. The fraction of sp³-hybridized carbons (Fsp3) is 0.122. The molecule has 2 unspecified atom stereocenters. The molecule has 0 radical (unpaired) electrons. The second-order valence-corrected chi connectivity index (χ2v) is 15.6. The van der Waals surface area contributed by atoms with Crippen molar-refractivity contribution in [2.24, 2.45) is 20.5 Å². The first-order chi connectivity index (χ1) is 29.4. The number of alkyl halides is 1. The zero-order chi connectivity index (χ0) is 45.2. The summed E-state index contributed by atoms with van der Waals surface area (Å²) >= 11 is 42.7. The molecule has 0 heterocycles. The molecule has 0 aliphatic rings. The van der Waals surface area contributed by atoms with E-state index in [1.165, 1.54) is 78.9 Å². The molecule has 0 aliphatic carbocycles. The lowest BCUT2D eigenvalue weighted by molar-refractivity contribution is -0.127. The van der Waals surface area contributed by atoms with E-state index in [-0.39, 0.29) is 59.8 Å². The highest BCUT2D eigenvalue weighted by Gasteiger charge is 2.26. The normalized spacial score (nSPS) is 12.1. The zero-order valence-corrected chi connectivity index (χ0v) is 37.2. The van der Waals surface area contributed by atoms with Gasteiger partial charge in [-0.05, 0) is 110 Å². The Morgan fingerprint density at radius 1 is 0.484 bits per heavy atom. The number of amides is 4. The van der Waals surface area contributed by atoms with Gasteiger partial charge in [0.25, 0.3) is 23.6 Å². The zero-order valence-electron chi connectivity index (χ0n) is 31.9. The molecule has 4 N–H and O–H groups in total. The first-order valence-electron chi connectivity index (χ1n) is 17.7. The van der Waals surface area contributed by atoms with Gasteiger partial charge in [0.2, 0.25) is 12.1 Å². The first kappa shape index (κ1) is 47.6. The Hall–Kier alpha value is -5.45. The summed E-state index contributed by atoms with van der Waals surface area (Å²) in [5.74, 6) is -4.36. The highest BCUT2D eigenvalue weighted by molar-refractivity contribution is 6.43. The lowest BCUT2D eigenvalue weighted by Gasteiger charge is -2.15. The Morgan fingerprint density at radius 3 is 1.31 bits per heavy atom. The number of carbonyl (C=O) groups is 6. The Balaban J connectivity index is 1.25. The second-order valence-electron chi connectivity index (χ2n) is 12.9. The smallest absolute Gasteiger partial charge is 0.258 e. The van der Waals surface area contributed by atoms with Gasteiger partial charge in [0.15, 0.2) is 11.6 Å². The van der Waals surface area contributed by atoms with Crippen LogP contribution in [-0.4, -0.2) is 47.3 Å². The number of nitrogens with one attached hydrogen (secondary N) is 4. The lowest BCUT2D eigenvalue weighted by atomic mass is 10.1. The molecule has 4 amide bonds. The van der Waals surface area contributed by atoms with E-state index in [0.717, 1.165) is 13.8 Å². The van der Waals surface area contributed by atoms with Gasteiger partial charge >= 0.3 is 0 Å². The van der Waals surface area contributed by atoms with E-state index in [4.69, 9.17) is 81.2 Å². The maximum Gasteiger partial charge on any atom is 0.258 e. The molecule has 0 bridgehead atoms. The number of azo groups is 2. The van der Waals surface area contributed by atoms with Crippen molar-refractivity contribution in [2.45, 2.75) is 31.8 Å². The molecule has 21 heteroatoms. The standard InChI is InChI=1S/C41H29Cl7N8O6/c1-19(57)36(55-53-25-5-8-29(43)27(14-25)38(59)49-23-3-10-31(45)33(47)16-23)40(61)51-22-7-12-35(21(13-22)18-42)52-41(62)37(20(2)58)56-54-26-6-9-30(44)28(15-26)39(60)50-24-4-11-32(46)34(48)17-24/h3-17,36-37H,18H2,1-2H3,(H,49,59)(H,50,60)(H,51,61)(H,52,62). The van der Waals surface area contributed by atoms with Crippen LogP contribution >= 0.6 is 81.2 Å². The van der Waals surface area contributed by atoms with Gasteiger partial charge in [0.05, 0.1) is 52.6 Å². The summed E-state index contributed by atoms with van der Waals surface area (Å²) in [6.45, 7) is 2.29. The van der Waals surface area contributed by atoms with Crippen LogP contribution in [0.5, 0.6) is 0 Å². The number of ketones is 2. The van der Waals surface area contributed by atoms with Gasteiger partial charge in [0, 0.05) is 28.6 Å². The van der Waals surface area contributed by atoms with Gasteiger partial charge in [-0.3, -0.25) is 28.8 Å². The van der Waals surface area contributed by atoms with E-state index in [1.807, 2.05) is 0 Å². The van der Waals surface area contributed by atoms with Crippen molar-refractivity contribution >= 4 is 151 Å². The third-order valence-corrected chi connectivity index (χ3v) is 10.8. The van der Waals surface area contributed by atoms with Crippen molar-refractivity contribution in [1.82, 2.24) is 0 Å². The topological polar surface area (TPSA) is 200 Å². The number of halogens is 7. The van der Waals surface area contributed by atoms with Crippen molar-refractivity contribution in [2.75, 3.05) is 21.3 Å². The molecule has 5 aromatic rings. The molecule has 318 valence electrons. The summed E-state index contributed by atoms with van der Waals surface area (Å²) in [6, 6.07) is 18.4. The SMILES string of the molecule is CC(=O)C(N=Nc1ccc(Cl)c(C(=O)Nc2ccc(Cl)c(Cl)c2)c1)C(=O)Nc1ccc(NC(=O)C(N=Nc2ccc(Cl)c(C(=O)Nc3ccc(Cl)c(Cl)c3)c2)C(C)=O)c(CCl)c1. The van der Waals surface area contributed by atoms with E-state index < -0.39 is 47.3 Å². The number of hydrogen-bond donors (Lipinski definition) is 4. The van der Waals surface area contributed by atoms with Gasteiger partial charge < -0.3 is 21.3 Å². The predicted octanol–water partition coefficient (Wildman–Crippen LogP) is 12.2. The van der Waals surface area contributed by atoms with E-state index in [2.05, 4.69) is 41.7 Å². The van der Waals surface area contributed by atoms with Crippen LogP contribution in [0.15, 0.2) is 111 Å². The molecule has 5 rings (SSSR count). The van der Waals surface area contributed by atoms with Crippen LogP contribution in [0.1, 0.15) is 40.1 Å². The van der Waals surface area contributed by atoms with E-state index in [1.54, 1.807) is 12.1 Å². The van der Waals surface area contributed by atoms with Crippen LogP contribution in [0.4, 0.5) is 34.1 Å². The number of nitrogens with zero attached hydrogens (tertiary/aromatic N) is 4. The highest BCUT2D eigenvalue weighted by atomic mass is 35.5. The molecule has 0 fully saturated rings. The Morgan fingerprint density at radius 2 is 0.887 bits per heavy atom. The summed E-state index contributed by atoms with van der Waals surface area (Å²) in [7, 11) is 0. The number of Topliss-reactive ketones (excluding diaryl/α,β-unsaturated/α-hetero) is 2. The fourth-order valence-electron chi connectivity index (χ4n) is 5.24. The van der Waals surface area contributed by atoms with Crippen molar-refractivity contribution < 1.29 is 28.8 Å². The summed E-state index contributed by atoms with van der Waals surface area (Å²) in [4.78, 5) is 77.6. The average Bonchev–Trinajstić information content (AvgIpc) is 3.22. The lowest BCUT2D eigenvalue weighted by Crippen LogP contribution is -2.32. The van der Waals surface area contributed by atoms with Gasteiger partial charge in [-0.1, -0.05) is 69.6 Å². The third-order valence-electron chi connectivity index (χ3n) is 8.36. The molecule has 0 aromatic heterocycles. The number of benzene rings is 5. The summed E-state index contributed by atoms with van der Waals surface area (Å²) in [6.07, 6.45) is 0. The summed E-state index contributed by atoms with van der Waals surface area (Å²) < 4.78 is 0. The largest absolute Gasteiger partial charge is 0.324 e. The monoisotopic (exact) mass is 974 g/mol. The van der Waals surface area contributed by atoms with Crippen LogP contribution < -0.4 is 21.3 Å². The molecule has 0 spiro atoms. The third kappa shape index (κ3) is 12.6. The minimum absolute atomic E-state index is 0.0222. The molecule has 62 heavy (non-hydrogen) atoms. The van der Waals surface area contributed by atoms with Crippen molar-refractivity contribution in [3.05, 3.63) is 138 Å². The second kappa shape index (κ2) is 21.6. The molecule has 0 saturated heterocycles. The van der Waals surface area contributed by atoms with Crippen LogP contribution in [-0.2, 0) is 25.1 Å². The molecule has 0 aliphatic heterocycles. The Kier molecular flexibility index (Phi) is 16.6. The summed E-state index contributed by atoms with van der Waals surface area (Å²) in [5, 5.41) is 27.6. The highest BCUT2D eigenvalue weighted by Crippen LogP contribution is 2.30. The van der Waals surface area contributed by atoms with Crippen LogP contribution in [0.25, 0.3) is 0 Å². The van der Waals surface area contributed by atoms with Gasteiger partial charge in [-0.15, -0.1) is 11.6 Å². The van der Waals surface area contributed by atoms with Gasteiger partial charge in [0.1, 0.15) is 0 Å². The molecular formula is C41H29Cl7N8O6. The molecular weight excluding hydrogens is 949 g/mol. The quantitative estimate of drug-likeness (QED) is 0.0457. The van der Waals surface area contributed by atoms with Crippen LogP contribution in [0, 0.1) is 0 Å². The minimum Gasteiger partial charge on any atom is -0.324 e. The van der Waals surface area contributed by atoms with E-state index in [9.17, 15) is 28.8 Å². The number of rotatable bonds is 15. The number of carbonyl (C=O) groups excluding carboxylic acids is 6. The maximum absolute atomic E-state index is 13.3. The van der Waals surface area contributed by atoms with Gasteiger partial charge in [-0.25, -0.2) is 0 Å². The Labute approximate surface area is 388 Å². The molecule has 2 atom stereocenters. The van der Waals surface area contributed by atoms with E-state index in [0.29, 0.717) is 27.0 Å². The predicted molar refractivity (Wildman–Crippen MR) is 243 cm³/mol. The Bertz CT molecular complexity index is 2680. The molecule has 14 nitrogen and oxygen atoms in total. The average molecular weight is 978 g/mol. The maximum atomic E-state index is 13.3. The number of anilines is 4. The fourth-order valence-corrected chi connectivity index (χ4v) is 6.47. The molecule has 0 saturated carbocycles. The van der Waals surface area contributed by atoms with Gasteiger partial charge in [-0.2, -0.15) is 20.5 Å². The minimum atomic E-state index is -1.61. The number of hydrogen-bond acceptors (Lipinski definition) is 10.